The van der Waals surface area contributed by atoms with Gasteiger partial charge in [-0.15, -0.1) is 0 Å². The Morgan fingerprint density at radius 2 is 1.81 bits per heavy atom. The SMILES string of the molecule is O=C(CC1CC1)N[C@H]1CC[C@H](CCN2CCc3nc(OCC(F)(F)F)sc3CC2)CC1. The Balaban J connectivity index is 1.13. The molecule has 1 aliphatic heterocycles. The number of hydrogen-bond donors (Lipinski definition) is 1. The third kappa shape index (κ3) is 7.34. The third-order valence-electron chi connectivity index (χ3n) is 6.67. The summed E-state index contributed by atoms with van der Waals surface area (Å²) in [6.45, 7) is 1.58. The lowest BCUT2D eigenvalue weighted by Crippen LogP contribution is -2.38. The molecule has 1 amide bonds. The third-order valence-corrected chi connectivity index (χ3v) is 7.74. The molecule has 2 aliphatic carbocycles. The normalized spacial score (nSPS) is 25.0. The summed E-state index contributed by atoms with van der Waals surface area (Å²) in [5, 5.41) is 3.36. The van der Waals surface area contributed by atoms with Gasteiger partial charge in [0.2, 0.25) is 5.91 Å². The highest BCUT2D eigenvalue weighted by Gasteiger charge is 2.30. The van der Waals surface area contributed by atoms with Gasteiger partial charge in [0.1, 0.15) is 0 Å². The Bertz CT molecular complexity index is 717. The fourth-order valence-electron chi connectivity index (χ4n) is 4.65. The molecule has 0 unspecified atom stereocenters. The number of hydrogen-bond acceptors (Lipinski definition) is 5. The monoisotopic (exact) mass is 459 g/mol. The molecule has 174 valence electrons. The summed E-state index contributed by atoms with van der Waals surface area (Å²) in [6.07, 6.45) is 6.10. The zero-order chi connectivity index (χ0) is 21.8. The van der Waals surface area contributed by atoms with Gasteiger partial charge >= 0.3 is 6.18 Å². The van der Waals surface area contributed by atoms with E-state index in [1.54, 1.807) is 0 Å². The molecular formula is C22H32F3N3O2S. The molecule has 2 heterocycles. The van der Waals surface area contributed by atoms with E-state index in [4.69, 9.17) is 4.74 Å². The van der Waals surface area contributed by atoms with Crippen LogP contribution >= 0.6 is 11.3 Å². The van der Waals surface area contributed by atoms with Crippen LogP contribution < -0.4 is 10.1 Å². The topological polar surface area (TPSA) is 54.5 Å². The maximum absolute atomic E-state index is 12.3. The average molecular weight is 460 g/mol. The van der Waals surface area contributed by atoms with Crippen molar-refractivity contribution < 1.29 is 22.7 Å². The summed E-state index contributed by atoms with van der Waals surface area (Å²) in [5.74, 6) is 1.60. The van der Waals surface area contributed by atoms with Crippen molar-refractivity contribution in [3.63, 3.8) is 0 Å². The molecule has 0 spiro atoms. The van der Waals surface area contributed by atoms with Crippen LogP contribution in [0.5, 0.6) is 5.19 Å². The van der Waals surface area contributed by atoms with Crippen molar-refractivity contribution in [3.05, 3.63) is 10.6 Å². The van der Waals surface area contributed by atoms with Gasteiger partial charge in [0.25, 0.3) is 5.19 Å². The van der Waals surface area contributed by atoms with E-state index in [1.165, 1.54) is 43.4 Å². The molecular weight excluding hydrogens is 427 g/mol. The van der Waals surface area contributed by atoms with E-state index in [0.717, 1.165) is 61.8 Å². The Labute approximate surface area is 185 Å². The quantitative estimate of drug-likeness (QED) is 0.628. The van der Waals surface area contributed by atoms with Crippen molar-refractivity contribution in [1.82, 2.24) is 15.2 Å². The lowest BCUT2D eigenvalue weighted by atomic mass is 9.84. The van der Waals surface area contributed by atoms with Crippen molar-refractivity contribution in [1.29, 1.82) is 0 Å². The molecule has 4 rings (SSSR count). The van der Waals surface area contributed by atoms with Crippen LogP contribution in [0, 0.1) is 11.8 Å². The van der Waals surface area contributed by atoms with Crippen molar-refractivity contribution in [2.45, 2.75) is 76.4 Å². The number of nitrogens with one attached hydrogen (secondary N) is 1. The van der Waals surface area contributed by atoms with E-state index in [2.05, 4.69) is 15.2 Å². The van der Waals surface area contributed by atoms with Gasteiger partial charge in [-0.3, -0.25) is 4.79 Å². The number of ether oxygens (including phenoxy) is 1. The molecule has 2 saturated carbocycles. The van der Waals surface area contributed by atoms with Crippen LogP contribution in [0.25, 0.3) is 0 Å². The number of nitrogens with zero attached hydrogens (tertiary/aromatic N) is 2. The van der Waals surface area contributed by atoms with Crippen LogP contribution in [0.1, 0.15) is 61.9 Å². The van der Waals surface area contributed by atoms with E-state index in [1.807, 2.05) is 0 Å². The van der Waals surface area contributed by atoms with Gasteiger partial charge in [-0.1, -0.05) is 11.3 Å². The molecule has 1 aromatic heterocycles. The number of thiazole rings is 1. The first-order chi connectivity index (χ1) is 14.8. The Morgan fingerprint density at radius 3 is 2.52 bits per heavy atom. The molecule has 0 atom stereocenters. The Morgan fingerprint density at radius 1 is 1.10 bits per heavy atom. The number of halogens is 3. The van der Waals surface area contributed by atoms with Crippen LogP contribution in [-0.4, -0.2) is 54.3 Å². The first-order valence-corrected chi connectivity index (χ1v) is 12.4. The smallest absolute Gasteiger partial charge is 0.422 e. The van der Waals surface area contributed by atoms with Crippen LogP contribution in [0.2, 0.25) is 0 Å². The van der Waals surface area contributed by atoms with Crippen molar-refractivity contribution in [2.75, 3.05) is 26.2 Å². The lowest BCUT2D eigenvalue weighted by molar-refractivity contribution is -0.153. The zero-order valence-electron chi connectivity index (χ0n) is 17.9. The van der Waals surface area contributed by atoms with Crippen LogP contribution in [0.3, 0.4) is 0 Å². The summed E-state index contributed by atoms with van der Waals surface area (Å²) in [6, 6.07) is 0.358. The van der Waals surface area contributed by atoms with Crippen molar-refractivity contribution >= 4 is 17.2 Å². The molecule has 3 aliphatic rings. The van der Waals surface area contributed by atoms with E-state index < -0.39 is 12.8 Å². The van der Waals surface area contributed by atoms with Crippen molar-refractivity contribution in [3.8, 4) is 5.19 Å². The highest BCUT2D eigenvalue weighted by atomic mass is 32.1. The molecule has 1 aromatic rings. The molecule has 5 nitrogen and oxygen atoms in total. The molecule has 9 heteroatoms. The fraction of sp³-hybridized carbons (Fsp3) is 0.818. The minimum atomic E-state index is -4.33. The number of fused-ring (bicyclic) bond motifs is 1. The number of alkyl halides is 3. The molecule has 0 aromatic carbocycles. The van der Waals surface area contributed by atoms with E-state index in [9.17, 15) is 18.0 Å². The number of aromatic nitrogens is 1. The molecule has 2 fully saturated rings. The van der Waals surface area contributed by atoms with Gasteiger partial charge in [-0.25, -0.2) is 4.98 Å². The number of carbonyl (C=O) groups is 1. The van der Waals surface area contributed by atoms with Crippen molar-refractivity contribution in [2.24, 2.45) is 11.8 Å². The maximum atomic E-state index is 12.3. The summed E-state index contributed by atoms with van der Waals surface area (Å²) in [7, 11) is 0. The molecule has 0 saturated heterocycles. The Kier molecular flexibility index (Phi) is 7.41. The summed E-state index contributed by atoms with van der Waals surface area (Å²) in [4.78, 5) is 19.8. The molecule has 0 radical (unpaired) electrons. The minimum Gasteiger partial charge on any atom is -0.460 e. The van der Waals surface area contributed by atoms with E-state index in [-0.39, 0.29) is 11.1 Å². The summed E-state index contributed by atoms with van der Waals surface area (Å²) >= 11 is 1.26. The standard InChI is InChI=1S/C22H32F3N3O2S/c23-22(24,25)14-30-21-27-18-8-11-28(12-9-19(18)31-21)10-7-15-3-5-17(6-4-15)26-20(29)13-16-1-2-16/h15-17H,1-14H2,(H,26,29)/t15-,17-. The van der Waals surface area contributed by atoms with Crippen LogP contribution in [0.4, 0.5) is 13.2 Å². The van der Waals surface area contributed by atoms with Gasteiger partial charge in [0.05, 0.1) is 5.69 Å². The van der Waals surface area contributed by atoms with Gasteiger partial charge in [0, 0.05) is 36.9 Å². The molecule has 31 heavy (non-hydrogen) atoms. The first kappa shape index (κ1) is 22.8. The summed E-state index contributed by atoms with van der Waals surface area (Å²) in [5.41, 5.74) is 0.895. The minimum absolute atomic E-state index is 0.136. The van der Waals surface area contributed by atoms with Gasteiger partial charge in [0.15, 0.2) is 6.61 Å². The van der Waals surface area contributed by atoms with Gasteiger partial charge < -0.3 is 15.0 Å². The van der Waals surface area contributed by atoms with E-state index >= 15 is 0 Å². The van der Waals surface area contributed by atoms with Gasteiger partial charge in [-0.05, 0) is 69.7 Å². The summed E-state index contributed by atoms with van der Waals surface area (Å²) < 4.78 is 41.8. The van der Waals surface area contributed by atoms with E-state index in [0.29, 0.717) is 18.4 Å². The second-order valence-corrected chi connectivity index (χ2v) is 10.4. The van der Waals surface area contributed by atoms with Gasteiger partial charge in [-0.2, -0.15) is 13.2 Å². The average Bonchev–Trinajstić information content (AvgIpc) is 3.47. The predicted molar refractivity (Wildman–Crippen MR) is 113 cm³/mol. The Hall–Kier alpha value is -1.35. The highest BCUT2D eigenvalue weighted by molar-refractivity contribution is 7.13. The second-order valence-electron chi connectivity index (χ2n) is 9.32. The molecule has 0 bridgehead atoms. The molecule has 1 N–H and O–H groups in total. The lowest BCUT2D eigenvalue weighted by Gasteiger charge is -2.30. The number of carbonyl (C=O) groups excluding carboxylic acids is 1. The van der Waals surface area contributed by atoms with Crippen LogP contribution in [0.15, 0.2) is 0 Å². The predicted octanol–water partition coefficient (Wildman–Crippen LogP) is 4.35. The largest absolute Gasteiger partial charge is 0.460 e. The number of amides is 1. The zero-order valence-corrected chi connectivity index (χ0v) is 18.7. The van der Waals surface area contributed by atoms with Crippen LogP contribution in [-0.2, 0) is 17.6 Å². The number of rotatable bonds is 8. The first-order valence-electron chi connectivity index (χ1n) is 11.5. The second kappa shape index (κ2) is 10.1. The fourth-order valence-corrected chi connectivity index (χ4v) is 5.59. The maximum Gasteiger partial charge on any atom is 0.422 e. The highest BCUT2D eigenvalue weighted by Crippen LogP contribution is 2.33.